The van der Waals surface area contributed by atoms with Gasteiger partial charge in [0.25, 0.3) is 5.91 Å². The number of halogens is 1. The minimum atomic E-state index is -0.502. The molecule has 0 radical (unpaired) electrons. The summed E-state index contributed by atoms with van der Waals surface area (Å²) in [5.74, 6) is -0.587. The van der Waals surface area contributed by atoms with Gasteiger partial charge in [0.2, 0.25) is 0 Å². The molecule has 8 heteroatoms. The second kappa shape index (κ2) is 9.16. The van der Waals surface area contributed by atoms with Crippen LogP contribution in [0, 0.1) is 0 Å². The van der Waals surface area contributed by atoms with Crippen molar-refractivity contribution in [3.63, 3.8) is 0 Å². The molecule has 0 aliphatic heterocycles. The van der Waals surface area contributed by atoms with Gasteiger partial charge in [-0.15, -0.1) is 11.3 Å². The quantitative estimate of drug-likeness (QED) is 0.355. The van der Waals surface area contributed by atoms with Crippen LogP contribution in [0.15, 0.2) is 70.6 Å². The highest BCUT2D eigenvalue weighted by Crippen LogP contribution is 2.36. The minimum absolute atomic E-state index is 0.0828. The SMILES string of the molecule is CCOC(=O)c1c(-c2ccccc2)csc1NC(=O)c1cc(-c2cccc(Cl)c2)on1. The summed E-state index contributed by atoms with van der Waals surface area (Å²) in [5, 5.41) is 9.36. The van der Waals surface area contributed by atoms with Crippen LogP contribution in [-0.2, 0) is 4.74 Å². The predicted molar refractivity (Wildman–Crippen MR) is 121 cm³/mol. The van der Waals surface area contributed by atoms with E-state index in [-0.39, 0.29) is 12.3 Å². The lowest BCUT2D eigenvalue weighted by molar-refractivity contribution is 0.0529. The van der Waals surface area contributed by atoms with Gasteiger partial charge in [-0.3, -0.25) is 4.79 Å². The molecule has 0 atom stereocenters. The Hall–Kier alpha value is -3.42. The van der Waals surface area contributed by atoms with Crippen molar-refractivity contribution in [3.05, 3.63) is 82.3 Å². The topological polar surface area (TPSA) is 81.4 Å². The Kier molecular flexibility index (Phi) is 6.16. The molecule has 2 heterocycles. The fourth-order valence-corrected chi connectivity index (χ4v) is 4.16. The molecule has 2 aromatic heterocycles. The number of hydrogen-bond donors (Lipinski definition) is 1. The van der Waals surface area contributed by atoms with Crippen molar-refractivity contribution in [2.45, 2.75) is 6.92 Å². The van der Waals surface area contributed by atoms with Crippen LogP contribution in [-0.4, -0.2) is 23.6 Å². The number of carbonyl (C=O) groups excluding carboxylic acids is 2. The summed E-state index contributed by atoms with van der Waals surface area (Å²) in [4.78, 5) is 25.4. The predicted octanol–water partition coefficient (Wildman–Crippen LogP) is 6.15. The second-order valence-electron chi connectivity index (χ2n) is 6.48. The summed E-state index contributed by atoms with van der Waals surface area (Å²) >= 11 is 7.26. The molecule has 6 nitrogen and oxygen atoms in total. The van der Waals surface area contributed by atoms with Crippen LogP contribution in [0.25, 0.3) is 22.5 Å². The van der Waals surface area contributed by atoms with Crippen molar-refractivity contribution in [1.29, 1.82) is 0 Å². The van der Waals surface area contributed by atoms with Gasteiger partial charge >= 0.3 is 5.97 Å². The molecule has 0 aliphatic carbocycles. The number of hydrogen-bond acceptors (Lipinski definition) is 6. The van der Waals surface area contributed by atoms with Crippen LogP contribution in [0.3, 0.4) is 0 Å². The number of aromatic nitrogens is 1. The zero-order chi connectivity index (χ0) is 21.8. The number of carbonyl (C=O) groups is 2. The monoisotopic (exact) mass is 452 g/mol. The number of esters is 1. The van der Waals surface area contributed by atoms with Gasteiger partial charge in [0.15, 0.2) is 11.5 Å². The zero-order valence-electron chi connectivity index (χ0n) is 16.4. The maximum Gasteiger partial charge on any atom is 0.341 e. The molecule has 1 amide bonds. The van der Waals surface area contributed by atoms with Crippen molar-refractivity contribution in [3.8, 4) is 22.5 Å². The second-order valence-corrected chi connectivity index (χ2v) is 7.80. The molecule has 1 N–H and O–H groups in total. The lowest BCUT2D eigenvalue weighted by Gasteiger charge is -2.08. The van der Waals surface area contributed by atoms with Crippen molar-refractivity contribution in [2.75, 3.05) is 11.9 Å². The van der Waals surface area contributed by atoms with E-state index in [0.29, 0.717) is 32.5 Å². The highest BCUT2D eigenvalue weighted by molar-refractivity contribution is 7.15. The standard InChI is InChI=1S/C23H17ClN2O4S/c1-2-29-23(28)20-17(14-7-4-3-5-8-14)13-31-22(20)25-21(27)18-12-19(30-26-18)15-9-6-10-16(24)11-15/h3-13H,2H2,1H3,(H,25,27). The van der Waals surface area contributed by atoms with Gasteiger partial charge in [-0.2, -0.15) is 0 Å². The van der Waals surface area contributed by atoms with E-state index >= 15 is 0 Å². The molecule has 31 heavy (non-hydrogen) atoms. The van der Waals surface area contributed by atoms with E-state index in [0.717, 1.165) is 5.56 Å². The first-order valence-electron chi connectivity index (χ1n) is 9.45. The van der Waals surface area contributed by atoms with E-state index in [1.807, 2.05) is 35.7 Å². The number of rotatable bonds is 6. The van der Waals surface area contributed by atoms with Crippen molar-refractivity contribution >= 4 is 39.8 Å². The Morgan fingerprint density at radius 1 is 1.10 bits per heavy atom. The molecule has 0 fully saturated rings. The number of anilines is 1. The van der Waals surface area contributed by atoms with E-state index in [1.54, 1.807) is 31.2 Å². The van der Waals surface area contributed by atoms with E-state index in [1.165, 1.54) is 17.4 Å². The maximum absolute atomic E-state index is 12.8. The fraction of sp³-hybridized carbons (Fsp3) is 0.0870. The molecule has 0 bridgehead atoms. The molecule has 4 aromatic rings. The molecule has 0 saturated heterocycles. The van der Waals surface area contributed by atoms with Gasteiger partial charge in [-0.05, 0) is 24.6 Å². The van der Waals surface area contributed by atoms with Crippen LogP contribution >= 0.6 is 22.9 Å². The Bertz CT molecular complexity index is 1230. The Morgan fingerprint density at radius 3 is 2.61 bits per heavy atom. The highest BCUT2D eigenvalue weighted by Gasteiger charge is 2.24. The molecular formula is C23H17ClN2O4S. The van der Waals surface area contributed by atoms with Crippen LogP contribution in [0.2, 0.25) is 5.02 Å². The van der Waals surface area contributed by atoms with Crippen LogP contribution < -0.4 is 5.32 Å². The molecular weight excluding hydrogens is 436 g/mol. The van der Waals surface area contributed by atoms with Crippen molar-refractivity contribution < 1.29 is 18.8 Å². The fourth-order valence-electron chi connectivity index (χ4n) is 3.01. The maximum atomic E-state index is 12.8. The van der Waals surface area contributed by atoms with Gasteiger partial charge in [0.1, 0.15) is 10.6 Å². The molecule has 2 aromatic carbocycles. The third kappa shape index (κ3) is 4.52. The zero-order valence-corrected chi connectivity index (χ0v) is 18.0. The molecule has 0 saturated carbocycles. The molecule has 0 unspecified atom stereocenters. The van der Waals surface area contributed by atoms with Gasteiger partial charge in [-0.25, -0.2) is 4.79 Å². The summed E-state index contributed by atoms with van der Waals surface area (Å²) in [6.07, 6.45) is 0. The lowest BCUT2D eigenvalue weighted by Crippen LogP contribution is -2.15. The first-order valence-corrected chi connectivity index (χ1v) is 10.7. The number of amides is 1. The number of benzene rings is 2. The number of nitrogens with zero attached hydrogens (tertiary/aromatic N) is 1. The third-order valence-electron chi connectivity index (χ3n) is 4.43. The van der Waals surface area contributed by atoms with E-state index in [2.05, 4.69) is 10.5 Å². The largest absolute Gasteiger partial charge is 0.462 e. The smallest absolute Gasteiger partial charge is 0.341 e. The first-order chi connectivity index (χ1) is 15.1. The number of thiophene rings is 1. The Morgan fingerprint density at radius 2 is 1.87 bits per heavy atom. The first kappa shape index (κ1) is 20.8. The van der Waals surface area contributed by atoms with Gasteiger partial charge in [0.05, 0.1) is 6.61 Å². The van der Waals surface area contributed by atoms with Crippen molar-refractivity contribution in [2.24, 2.45) is 0 Å². The van der Waals surface area contributed by atoms with Gasteiger partial charge in [0, 0.05) is 27.6 Å². The van der Waals surface area contributed by atoms with Gasteiger partial charge < -0.3 is 14.6 Å². The molecule has 4 rings (SSSR count). The average molecular weight is 453 g/mol. The van der Waals surface area contributed by atoms with Crippen LogP contribution in [0.5, 0.6) is 0 Å². The highest BCUT2D eigenvalue weighted by atomic mass is 35.5. The summed E-state index contributed by atoms with van der Waals surface area (Å²) in [6.45, 7) is 1.96. The van der Waals surface area contributed by atoms with E-state index in [4.69, 9.17) is 20.9 Å². The molecule has 156 valence electrons. The van der Waals surface area contributed by atoms with E-state index in [9.17, 15) is 9.59 Å². The normalized spacial score (nSPS) is 10.6. The number of ether oxygens (including phenoxy) is 1. The number of nitrogens with one attached hydrogen (secondary N) is 1. The summed E-state index contributed by atoms with van der Waals surface area (Å²) in [6, 6.07) is 18.0. The van der Waals surface area contributed by atoms with Crippen LogP contribution in [0.1, 0.15) is 27.8 Å². The lowest BCUT2D eigenvalue weighted by atomic mass is 10.0. The average Bonchev–Trinajstić information content (AvgIpc) is 3.42. The minimum Gasteiger partial charge on any atom is -0.462 e. The molecule has 0 spiro atoms. The summed E-state index contributed by atoms with van der Waals surface area (Å²) in [5.41, 5.74) is 2.64. The summed E-state index contributed by atoms with van der Waals surface area (Å²) < 4.78 is 10.5. The van der Waals surface area contributed by atoms with E-state index < -0.39 is 11.9 Å². The Balaban J connectivity index is 1.63. The van der Waals surface area contributed by atoms with Crippen molar-refractivity contribution in [1.82, 2.24) is 5.16 Å². The summed E-state index contributed by atoms with van der Waals surface area (Å²) in [7, 11) is 0. The third-order valence-corrected chi connectivity index (χ3v) is 5.56. The molecule has 0 aliphatic rings. The van der Waals surface area contributed by atoms with Gasteiger partial charge in [-0.1, -0.05) is 59.2 Å². The Labute approximate surface area is 187 Å². The van der Waals surface area contributed by atoms with Crippen LogP contribution in [0.4, 0.5) is 5.00 Å².